The lowest BCUT2D eigenvalue weighted by atomic mass is 9.82. The summed E-state index contributed by atoms with van der Waals surface area (Å²) in [5.41, 5.74) is 18.1. The fraction of sp³-hybridized carbons (Fsp3) is 0.0395. The zero-order valence-corrected chi connectivity index (χ0v) is 45.9. The molecule has 18 rings (SSSR count). The molecule has 1 aliphatic carbocycles. The predicted octanol–water partition coefficient (Wildman–Crippen LogP) is 19.7. The molecule has 0 N–H and O–H groups in total. The molecular weight excluding hydrogens is 1030 g/mol. The van der Waals surface area contributed by atoms with Gasteiger partial charge in [0.05, 0.1) is 33.1 Å². The molecule has 0 amide bonds. The van der Waals surface area contributed by atoms with Crippen LogP contribution in [0.15, 0.2) is 265 Å². The molecule has 0 radical (unpaired) electrons. The molecule has 0 saturated carbocycles. The Kier molecular flexibility index (Phi) is 9.69. The molecule has 84 heavy (non-hydrogen) atoms. The standard InChI is InChI=1S/C76H49N7O/c1-76(2)63-27-13-8-22-53(63)58-44-61-56-25-11-16-30-67(56)83(70(61)45-64(58)76)75-78-73(81-65-28-14-9-23-54(65)59-41-48(33-37-68(59)81)49-34-39-72-62(42-49)57-26-12-17-31-71(57)84-72)77-74(79-75)82-66-29-15-10-24-55(66)60-43-52(36-38-69(60)82)80(50-20-4-3-5-21-50)51-35-32-46-18-6-7-19-47(46)40-51/h3-45H,1-2H3. The largest absolute Gasteiger partial charge is 0.456 e. The van der Waals surface area contributed by atoms with E-state index in [4.69, 9.17) is 19.4 Å². The summed E-state index contributed by atoms with van der Waals surface area (Å²) in [6.07, 6.45) is 0. The molecule has 0 aliphatic heterocycles. The van der Waals surface area contributed by atoms with Crippen molar-refractivity contribution in [2.45, 2.75) is 19.3 Å². The zero-order chi connectivity index (χ0) is 55.4. The van der Waals surface area contributed by atoms with E-state index in [0.717, 1.165) is 116 Å². The van der Waals surface area contributed by atoms with Crippen LogP contribution in [0, 0.1) is 0 Å². The minimum absolute atomic E-state index is 0.233. The van der Waals surface area contributed by atoms with Crippen molar-refractivity contribution in [3.8, 4) is 40.1 Å². The van der Waals surface area contributed by atoms with Gasteiger partial charge in [0, 0.05) is 65.6 Å². The highest BCUT2D eigenvalue weighted by Crippen LogP contribution is 2.51. The van der Waals surface area contributed by atoms with E-state index in [-0.39, 0.29) is 5.41 Å². The van der Waals surface area contributed by atoms with E-state index in [0.29, 0.717) is 17.8 Å². The fourth-order valence-corrected chi connectivity index (χ4v) is 14.0. The minimum atomic E-state index is -0.233. The SMILES string of the molecule is CC1(C)c2ccccc2-c2cc3c4ccccc4n(-c4nc(-n5c6ccccc6c6cc(-c7ccc8oc9ccccc9c8c7)ccc65)nc(-n5c6ccccc6c6cc(N(c7ccccc7)c7ccc8ccccc8c7)ccc65)n4)c3cc21. The van der Waals surface area contributed by atoms with Crippen LogP contribution >= 0.6 is 0 Å². The first-order valence-electron chi connectivity index (χ1n) is 28.7. The summed E-state index contributed by atoms with van der Waals surface area (Å²) in [5, 5.41) is 11.2. The summed E-state index contributed by atoms with van der Waals surface area (Å²) in [7, 11) is 0. The lowest BCUT2D eigenvalue weighted by Gasteiger charge is -2.26. The van der Waals surface area contributed by atoms with Gasteiger partial charge in [-0.05, 0) is 147 Å². The Labute approximate surface area is 482 Å². The van der Waals surface area contributed by atoms with Crippen molar-refractivity contribution >= 4 is 115 Å². The molecule has 0 bridgehead atoms. The maximum Gasteiger partial charge on any atom is 0.241 e. The van der Waals surface area contributed by atoms with E-state index < -0.39 is 0 Å². The van der Waals surface area contributed by atoms with E-state index >= 15 is 0 Å². The Hall–Kier alpha value is -11.1. The Morgan fingerprint density at radius 3 is 1.50 bits per heavy atom. The van der Waals surface area contributed by atoms with Crippen molar-refractivity contribution < 1.29 is 4.42 Å². The van der Waals surface area contributed by atoms with Crippen molar-refractivity contribution in [3.63, 3.8) is 0 Å². The minimum Gasteiger partial charge on any atom is -0.456 e. The Morgan fingerprint density at radius 2 is 0.798 bits per heavy atom. The van der Waals surface area contributed by atoms with Gasteiger partial charge >= 0.3 is 0 Å². The van der Waals surface area contributed by atoms with Crippen molar-refractivity contribution in [1.82, 2.24) is 28.7 Å². The van der Waals surface area contributed by atoms with Gasteiger partial charge in [-0.15, -0.1) is 0 Å². The molecule has 8 nitrogen and oxygen atoms in total. The second-order valence-electron chi connectivity index (χ2n) is 22.8. The van der Waals surface area contributed by atoms with Gasteiger partial charge in [0.25, 0.3) is 0 Å². The molecule has 5 aromatic heterocycles. The van der Waals surface area contributed by atoms with E-state index in [1.807, 2.05) is 12.1 Å². The quantitative estimate of drug-likeness (QED) is 0.159. The molecule has 0 unspecified atom stereocenters. The third-order valence-electron chi connectivity index (χ3n) is 17.9. The molecule has 394 valence electrons. The molecule has 0 fully saturated rings. The first kappa shape index (κ1) is 46.6. The van der Waals surface area contributed by atoms with E-state index in [9.17, 15) is 0 Å². The van der Waals surface area contributed by atoms with Gasteiger partial charge in [0.15, 0.2) is 0 Å². The predicted molar refractivity (Wildman–Crippen MR) is 345 cm³/mol. The summed E-state index contributed by atoms with van der Waals surface area (Å²) in [4.78, 5) is 19.4. The third-order valence-corrected chi connectivity index (χ3v) is 17.9. The Balaban J connectivity index is 0.894. The zero-order valence-electron chi connectivity index (χ0n) is 45.9. The number of nitrogens with zero attached hydrogens (tertiary/aromatic N) is 7. The van der Waals surface area contributed by atoms with Gasteiger partial charge in [-0.2, -0.15) is 15.0 Å². The second-order valence-corrected chi connectivity index (χ2v) is 22.8. The summed E-state index contributed by atoms with van der Waals surface area (Å²) >= 11 is 0. The molecule has 0 spiro atoms. The van der Waals surface area contributed by atoms with Crippen LogP contribution < -0.4 is 4.90 Å². The van der Waals surface area contributed by atoms with Crippen molar-refractivity contribution in [1.29, 1.82) is 0 Å². The van der Waals surface area contributed by atoms with Gasteiger partial charge in [0.1, 0.15) is 11.2 Å². The molecule has 1 aliphatic rings. The van der Waals surface area contributed by atoms with Crippen LogP contribution in [0.4, 0.5) is 17.1 Å². The van der Waals surface area contributed by atoms with Gasteiger partial charge in [-0.1, -0.05) is 172 Å². The molecule has 12 aromatic carbocycles. The van der Waals surface area contributed by atoms with Crippen LogP contribution in [0.3, 0.4) is 0 Å². The van der Waals surface area contributed by atoms with E-state index in [1.165, 1.54) is 33.0 Å². The number of benzene rings is 12. The van der Waals surface area contributed by atoms with Crippen molar-refractivity contribution in [3.05, 3.63) is 272 Å². The number of hydrogen-bond acceptors (Lipinski definition) is 5. The smallest absolute Gasteiger partial charge is 0.241 e. The maximum atomic E-state index is 6.26. The highest BCUT2D eigenvalue weighted by molar-refractivity contribution is 6.14. The lowest BCUT2D eigenvalue weighted by Crippen LogP contribution is -2.15. The Bertz CT molecular complexity index is 5620. The monoisotopic (exact) mass is 1080 g/mol. The number of rotatable bonds is 7. The number of fused-ring (bicyclic) bond motifs is 16. The number of aromatic nitrogens is 6. The molecule has 17 aromatic rings. The average molecular weight is 1080 g/mol. The molecule has 0 saturated heterocycles. The number of hydrogen-bond donors (Lipinski definition) is 0. The lowest BCUT2D eigenvalue weighted by molar-refractivity contribution is 0.661. The van der Waals surface area contributed by atoms with Crippen LogP contribution in [0.2, 0.25) is 0 Å². The average Bonchev–Trinajstić information content (AvgIpc) is 2.20. The normalized spacial score (nSPS) is 13.0. The van der Waals surface area contributed by atoms with Crippen LogP contribution in [0.5, 0.6) is 0 Å². The summed E-state index contributed by atoms with van der Waals surface area (Å²) in [6, 6.07) is 93.8. The molecule has 5 heterocycles. The van der Waals surface area contributed by atoms with Crippen LogP contribution in [-0.4, -0.2) is 28.7 Å². The first-order chi connectivity index (χ1) is 41.4. The van der Waals surface area contributed by atoms with Crippen molar-refractivity contribution in [2.24, 2.45) is 0 Å². The summed E-state index contributed by atoms with van der Waals surface area (Å²) < 4.78 is 13.0. The fourth-order valence-electron chi connectivity index (χ4n) is 14.0. The maximum absolute atomic E-state index is 6.26. The number of para-hydroxylation sites is 5. The third kappa shape index (κ3) is 6.73. The highest BCUT2D eigenvalue weighted by atomic mass is 16.3. The summed E-state index contributed by atoms with van der Waals surface area (Å²) in [6.45, 7) is 4.69. The first-order valence-corrected chi connectivity index (χ1v) is 28.7. The van der Waals surface area contributed by atoms with Crippen LogP contribution in [-0.2, 0) is 5.41 Å². The van der Waals surface area contributed by atoms with E-state index in [1.54, 1.807) is 0 Å². The molecular formula is C76H49N7O. The van der Waals surface area contributed by atoms with Gasteiger partial charge in [-0.3, -0.25) is 13.7 Å². The van der Waals surface area contributed by atoms with Crippen LogP contribution in [0.25, 0.3) is 138 Å². The second kappa shape index (κ2) is 17.5. The van der Waals surface area contributed by atoms with Crippen molar-refractivity contribution in [2.75, 3.05) is 4.90 Å². The van der Waals surface area contributed by atoms with Gasteiger partial charge < -0.3 is 9.32 Å². The van der Waals surface area contributed by atoms with Gasteiger partial charge in [-0.25, -0.2) is 0 Å². The highest BCUT2D eigenvalue weighted by Gasteiger charge is 2.36. The number of furan rings is 1. The molecule has 0 atom stereocenters. The topological polar surface area (TPSA) is 69.8 Å². The van der Waals surface area contributed by atoms with Gasteiger partial charge in [0.2, 0.25) is 17.8 Å². The number of anilines is 3. The van der Waals surface area contributed by atoms with Crippen LogP contribution in [0.1, 0.15) is 25.0 Å². The molecule has 8 heteroatoms. The Morgan fingerprint density at radius 1 is 0.310 bits per heavy atom. The van der Waals surface area contributed by atoms with E-state index in [2.05, 4.69) is 281 Å². The summed E-state index contributed by atoms with van der Waals surface area (Å²) in [5.74, 6) is 1.53.